The highest BCUT2D eigenvalue weighted by molar-refractivity contribution is 7.16. The maximum absolute atomic E-state index is 12.3. The molecule has 0 saturated carbocycles. The van der Waals surface area contributed by atoms with E-state index in [1.54, 1.807) is 24.3 Å². The van der Waals surface area contributed by atoms with Crippen molar-refractivity contribution < 1.29 is 14.3 Å². The van der Waals surface area contributed by atoms with Gasteiger partial charge in [0.2, 0.25) is 0 Å². The van der Waals surface area contributed by atoms with E-state index in [1.807, 2.05) is 13.8 Å². The van der Waals surface area contributed by atoms with Crippen molar-refractivity contribution in [3.8, 4) is 0 Å². The summed E-state index contributed by atoms with van der Waals surface area (Å²) in [7, 11) is 1.33. The van der Waals surface area contributed by atoms with Crippen LogP contribution in [0.4, 0.5) is 5.00 Å². The SMILES string of the molecule is CCc1c(C)sc(NC(=O)c2ccc(Cl)cc2)c1C(=O)OC. The van der Waals surface area contributed by atoms with Crippen LogP contribution in [0, 0.1) is 6.92 Å². The summed E-state index contributed by atoms with van der Waals surface area (Å²) in [5.41, 5.74) is 1.82. The van der Waals surface area contributed by atoms with Gasteiger partial charge < -0.3 is 10.1 Å². The number of ether oxygens (including phenoxy) is 1. The molecule has 0 bridgehead atoms. The third-order valence-corrected chi connectivity index (χ3v) is 4.60. The second kappa shape index (κ2) is 6.94. The van der Waals surface area contributed by atoms with Gasteiger partial charge in [-0.05, 0) is 43.2 Å². The number of amides is 1. The number of esters is 1. The Hall–Kier alpha value is -1.85. The summed E-state index contributed by atoms with van der Waals surface area (Å²) in [5, 5.41) is 3.87. The third kappa shape index (κ3) is 3.31. The fourth-order valence-electron chi connectivity index (χ4n) is 2.19. The van der Waals surface area contributed by atoms with Crippen LogP contribution in [0.1, 0.15) is 38.1 Å². The Kier molecular flexibility index (Phi) is 5.21. The van der Waals surface area contributed by atoms with Crippen molar-refractivity contribution in [3.05, 3.63) is 50.9 Å². The monoisotopic (exact) mass is 337 g/mol. The zero-order valence-electron chi connectivity index (χ0n) is 12.5. The van der Waals surface area contributed by atoms with Gasteiger partial charge in [-0.2, -0.15) is 0 Å². The first-order chi connectivity index (χ1) is 10.5. The van der Waals surface area contributed by atoms with E-state index in [-0.39, 0.29) is 5.91 Å². The van der Waals surface area contributed by atoms with Crippen LogP contribution in [-0.2, 0) is 11.2 Å². The highest BCUT2D eigenvalue weighted by Crippen LogP contribution is 2.34. The Labute approximate surface area is 138 Å². The number of hydrogen-bond acceptors (Lipinski definition) is 4. The number of nitrogens with one attached hydrogen (secondary N) is 1. The van der Waals surface area contributed by atoms with Crippen molar-refractivity contribution in [3.63, 3.8) is 0 Å². The first-order valence-electron chi connectivity index (χ1n) is 6.75. The van der Waals surface area contributed by atoms with E-state index in [0.29, 0.717) is 27.6 Å². The molecule has 1 N–H and O–H groups in total. The Bertz CT molecular complexity index is 707. The predicted molar refractivity (Wildman–Crippen MR) is 89.2 cm³/mol. The van der Waals surface area contributed by atoms with E-state index in [4.69, 9.17) is 16.3 Å². The molecular formula is C16H16ClNO3S. The van der Waals surface area contributed by atoms with Gasteiger partial charge in [0, 0.05) is 15.5 Å². The van der Waals surface area contributed by atoms with Gasteiger partial charge in [0.1, 0.15) is 5.00 Å². The molecule has 0 aliphatic carbocycles. The average molecular weight is 338 g/mol. The number of anilines is 1. The Balaban J connectivity index is 2.34. The van der Waals surface area contributed by atoms with Crippen LogP contribution in [0.3, 0.4) is 0 Å². The van der Waals surface area contributed by atoms with Gasteiger partial charge >= 0.3 is 5.97 Å². The van der Waals surface area contributed by atoms with E-state index < -0.39 is 5.97 Å². The molecule has 0 fully saturated rings. The molecule has 0 aliphatic rings. The van der Waals surface area contributed by atoms with Gasteiger partial charge in [-0.3, -0.25) is 4.79 Å². The fraction of sp³-hybridized carbons (Fsp3) is 0.250. The number of methoxy groups -OCH3 is 1. The van der Waals surface area contributed by atoms with Crippen LogP contribution >= 0.6 is 22.9 Å². The lowest BCUT2D eigenvalue weighted by Gasteiger charge is -2.07. The fourth-order valence-corrected chi connectivity index (χ4v) is 3.44. The molecule has 0 aliphatic heterocycles. The topological polar surface area (TPSA) is 55.4 Å². The number of carbonyl (C=O) groups excluding carboxylic acids is 2. The number of hydrogen-bond donors (Lipinski definition) is 1. The van der Waals surface area contributed by atoms with Crippen molar-refractivity contribution in [1.82, 2.24) is 0 Å². The number of carbonyl (C=O) groups is 2. The molecule has 0 saturated heterocycles. The number of aryl methyl sites for hydroxylation is 1. The Morgan fingerprint density at radius 3 is 2.45 bits per heavy atom. The molecule has 6 heteroatoms. The van der Waals surface area contributed by atoms with Crippen LogP contribution in [-0.4, -0.2) is 19.0 Å². The summed E-state index contributed by atoms with van der Waals surface area (Å²) in [4.78, 5) is 25.3. The maximum atomic E-state index is 12.3. The lowest BCUT2D eigenvalue weighted by Crippen LogP contribution is -2.14. The van der Waals surface area contributed by atoms with Crippen molar-refractivity contribution in [1.29, 1.82) is 0 Å². The lowest BCUT2D eigenvalue weighted by molar-refractivity contribution is 0.0601. The van der Waals surface area contributed by atoms with Crippen LogP contribution < -0.4 is 5.32 Å². The minimum Gasteiger partial charge on any atom is -0.465 e. The largest absolute Gasteiger partial charge is 0.465 e. The molecular weight excluding hydrogens is 322 g/mol. The number of benzene rings is 1. The summed E-state index contributed by atoms with van der Waals surface area (Å²) in [6.45, 7) is 3.89. The maximum Gasteiger partial charge on any atom is 0.341 e. The molecule has 0 unspecified atom stereocenters. The van der Waals surface area contributed by atoms with E-state index in [1.165, 1.54) is 18.4 Å². The summed E-state index contributed by atoms with van der Waals surface area (Å²) < 4.78 is 4.83. The van der Waals surface area contributed by atoms with Crippen LogP contribution in [0.25, 0.3) is 0 Å². The smallest absolute Gasteiger partial charge is 0.341 e. The van der Waals surface area contributed by atoms with Crippen LogP contribution in [0.15, 0.2) is 24.3 Å². The molecule has 1 amide bonds. The molecule has 1 aromatic heterocycles. The van der Waals surface area contributed by atoms with E-state index in [0.717, 1.165) is 10.4 Å². The Morgan fingerprint density at radius 1 is 1.27 bits per heavy atom. The highest BCUT2D eigenvalue weighted by Gasteiger charge is 2.23. The summed E-state index contributed by atoms with van der Waals surface area (Å²) >= 11 is 7.19. The minimum absolute atomic E-state index is 0.286. The average Bonchev–Trinajstić information content (AvgIpc) is 2.82. The first-order valence-corrected chi connectivity index (χ1v) is 7.94. The molecule has 2 rings (SSSR count). The van der Waals surface area contributed by atoms with Crippen LogP contribution in [0.2, 0.25) is 5.02 Å². The van der Waals surface area contributed by atoms with Crippen molar-refractivity contribution in [2.45, 2.75) is 20.3 Å². The molecule has 2 aromatic rings. The lowest BCUT2D eigenvalue weighted by atomic mass is 10.1. The zero-order valence-corrected chi connectivity index (χ0v) is 14.1. The molecule has 116 valence electrons. The zero-order chi connectivity index (χ0) is 16.3. The van der Waals surface area contributed by atoms with E-state index >= 15 is 0 Å². The molecule has 4 nitrogen and oxygen atoms in total. The molecule has 0 radical (unpaired) electrons. The Morgan fingerprint density at radius 2 is 1.91 bits per heavy atom. The first kappa shape index (κ1) is 16.5. The van der Waals surface area contributed by atoms with Crippen molar-refractivity contribution in [2.24, 2.45) is 0 Å². The standard InChI is InChI=1S/C16H16ClNO3S/c1-4-12-9(2)22-15(13(12)16(20)21-3)18-14(19)10-5-7-11(17)8-6-10/h5-8H,4H2,1-3H3,(H,18,19). The van der Waals surface area contributed by atoms with Crippen molar-refractivity contribution in [2.75, 3.05) is 12.4 Å². The van der Waals surface area contributed by atoms with Gasteiger partial charge in [0.25, 0.3) is 5.91 Å². The minimum atomic E-state index is -0.437. The molecule has 1 heterocycles. The second-order valence-corrected chi connectivity index (χ2v) is 6.31. The molecule has 1 aromatic carbocycles. The van der Waals surface area contributed by atoms with Gasteiger partial charge in [-0.25, -0.2) is 4.79 Å². The summed E-state index contributed by atoms with van der Waals surface area (Å²) in [6, 6.07) is 6.57. The van der Waals surface area contributed by atoms with Gasteiger partial charge in [-0.15, -0.1) is 11.3 Å². The number of rotatable bonds is 4. The predicted octanol–water partition coefficient (Wildman–Crippen LogP) is 4.31. The van der Waals surface area contributed by atoms with Gasteiger partial charge in [0.05, 0.1) is 12.7 Å². The van der Waals surface area contributed by atoms with Gasteiger partial charge in [-0.1, -0.05) is 18.5 Å². The molecule has 0 spiro atoms. The van der Waals surface area contributed by atoms with Gasteiger partial charge in [0.15, 0.2) is 0 Å². The summed E-state index contributed by atoms with van der Waals surface area (Å²) in [6.07, 6.45) is 0.698. The summed E-state index contributed by atoms with van der Waals surface area (Å²) in [5.74, 6) is -0.724. The number of halogens is 1. The second-order valence-electron chi connectivity index (χ2n) is 4.65. The number of thiophene rings is 1. The highest BCUT2D eigenvalue weighted by atomic mass is 35.5. The van der Waals surface area contributed by atoms with E-state index in [2.05, 4.69) is 5.32 Å². The van der Waals surface area contributed by atoms with Crippen LogP contribution in [0.5, 0.6) is 0 Å². The normalized spacial score (nSPS) is 10.4. The van der Waals surface area contributed by atoms with E-state index in [9.17, 15) is 9.59 Å². The molecule has 0 atom stereocenters. The third-order valence-electron chi connectivity index (χ3n) is 3.29. The molecule has 22 heavy (non-hydrogen) atoms. The quantitative estimate of drug-likeness (QED) is 0.846. The van der Waals surface area contributed by atoms with Crippen molar-refractivity contribution >= 4 is 39.8 Å².